The Morgan fingerprint density at radius 3 is 2.63 bits per heavy atom. The number of nitrogens with zero attached hydrogens (tertiary/aromatic N) is 1. The number of nitrogens with one attached hydrogen (secondary N) is 1. The van der Waals surface area contributed by atoms with Gasteiger partial charge in [-0.25, -0.2) is 0 Å². The van der Waals surface area contributed by atoms with E-state index in [4.69, 9.17) is 9.15 Å². The van der Waals surface area contributed by atoms with Crippen LogP contribution in [0.15, 0.2) is 35.0 Å². The molecule has 4 nitrogen and oxygen atoms in total. The minimum atomic E-state index is -0.0167. The van der Waals surface area contributed by atoms with Gasteiger partial charge in [0.1, 0.15) is 17.3 Å². The number of aryl methyl sites for hydroxylation is 1. The van der Waals surface area contributed by atoms with Gasteiger partial charge in [-0.3, -0.25) is 4.98 Å². The highest BCUT2D eigenvalue weighted by molar-refractivity contribution is 5.31. The van der Waals surface area contributed by atoms with E-state index in [-0.39, 0.29) is 12.1 Å². The van der Waals surface area contributed by atoms with Crippen molar-refractivity contribution in [1.82, 2.24) is 10.3 Å². The van der Waals surface area contributed by atoms with E-state index < -0.39 is 0 Å². The van der Waals surface area contributed by atoms with Crippen molar-refractivity contribution in [1.29, 1.82) is 0 Å². The number of ether oxygens (including phenoxy) is 1. The summed E-state index contributed by atoms with van der Waals surface area (Å²) in [7, 11) is 1.90. The van der Waals surface area contributed by atoms with E-state index in [2.05, 4.69) is 10.3 Å². The average molecular weight is 260 g/mol. The summed E-state index contributed by atoms with van der Waals surface area (Å²) < 4.78 is 11.4. The van der Waals surface area contributed by atoms with Gasteiger partial charge in [-0.05, 0) is 51.6 Å². The van der Waals surface area contributed by atoms with Crippen molar-refractivity contribution in [2.24, 2.45) is 0 Å². The summed E-state index contributed by atoms with van der Waals surface area (Å²) in [6.07, 6.45) is 3.69. The Morgan fingerprint density at radius 2 is 2.05 bits per heavy atom. The second kappa shape index (κ2) is 5.89. The van der Waals surface area contributed by atoms with E-state index in [1.165, 1.54) is 0 Å². The van der Waals surface area contributed by atoms with E-state index in [0.29, 0.717) is 0 Å². The lowest BCUT2D eigenvalue weighted by molar-refractivity contribution is 0.241. The molecular weight excluding hydrogens is 240 g/mol. The Labute approximate surface area is 113 Å². The second-order valence-corrected chi connectivity index (χ2v) is 4.79. The predicted octanol–water partition coefficient (Wildman–Crippen LogP) is 3.08. The summed E-state index contributed by atoms with van der Waals surface area (Å²) in [5, 5.41) is 3.24. The van der Waals surface area contributed by atoms with Gasteiger partial charge in [0.15, 0.2) is 0 Å². The summed E-state index contributed by atoms with van der Waals surface area (Å²) in [4.78, 5) is 4.23. The largest absolute Gasteiger partial charge is 0.489 e. The summed E-state index contributed by atoms with van der Waals surface area (Å²) in [6, 6.07) is 5.91. The van der Waals surface area contributed by atoms with Crippen molar-refractivity contribution >= 4 is 0 Å². The van der Waals surface area contributed by atoms with Gasteiger partial charge in [0.05, 0.1) is 18.3 Å². The van der Waals surface area contributed by atoms with Gasteiger partial charge >= 0.3 is 0 Å². The number of rotatable bonds is 5. The quantitative estimate of drug-likeness (QED) is 0.897. The molecule has 19 heavy (non-hydrogen) atoms. The lowest BCUT2D eigenvalue weighted by atomic mass is 10.1. The number of hydrogen-bond donors (Lipinski definition) is 1. The molecule has 0 aliphatic rings. The zero-order chi connectivity index (χ0) is 13.8. The monoisotopic (exact) mass is 260 g/mol. The third kappa shape index (κ3) is 3.35. The fraction of sp³-hybridized carbons (Fsp3) is 0.400. The van der Waals surface area contributed by atoms with Crippen molar-refractivity contribution in [2.75, 3.05) is 7.05 Å². The number of pyridine rings is 1. The minimum Gasteiger partial charge on any atom is -0.489 e. The lowest BCUT2D eigenvalue weighted by Crippen LogP contribution is -2.17. The number of hydrogen-bond acceptors (Lipinski definition) is 4. The molecule has 0 spiro atoms. The van der Waals surface area contributed by atoms with Gasteiger partial charge in [0, 0.05) is 6.20 Å². The molecule has 1 unspecified atom stereocenters. The van der Waals surface area contributed by atoms with Crippen molar-refractivity contribution in [3.8, 4) is 5.75 Å². The summed E-state index contributed by atoms with van der Waals surface area (Å²) in [5.74, 6) is 2.55. The third-order valence-corrected chi connectivity index (χ3v) is 2.77. The number of aromatic nitrogens is 1. The second-order valence-electron chi connectivity index (χ2n) is 4.79. The topological polar surface area (TPSA) is 47.3 Å². The minimum absolute atomic E-state index is 0.0167. The molecule has 0 radical (unpaired) electrons. The van der Waals surface area contributed by atoms with E-state index in [9.17, 15) is 0 Å². The molecule has 2 aromatic heterocycles. The molecule has 4 heteroatoms. The highest BCUT2D eigenvalue weighted by Gasteiger charge is 2.16. The van der Waals surface area contributed by atoms with Gasteiger partial charge in [-0.1, -0.05) is 0 Å². The highest BCUT2D eigenvalue weighted by atomic mass is 16.5. The molecular formula is C15H20N2O2. The Hall–Kier alpha value is -1.81. The highest BCUT2D eigenvalue weighted by Crippen LogP contribution is 2.25. The summed E-state index contributed by atoms with van der Waals surface area (Å²) in [6.45, 7) is 5.93. The zero-order valence-corrected chi connectivity index (χ0v) is 11.8. The first-order valence-electron chi connectivity index (χ1n) is 6.45. The Morgan fingerprint density at radius 1 is 1.26 bits per heavy atom. The number of furan rings is 1. The van der Waals surface area contributed by atoms with E-state index in [1.54, 1.807) is 6.20 Å². The van der Waals surface area contributed by atoms with Crippen LogP contribution in [0.3, 0.4) is 0 Å². The van der Waals surface area contributed by atoms with Crippen LogP contribution in [-0.4, -0.2) is 18.1 Å². The predicted molar refractivity (Wildman–Crippen MR) is 74.3 cm³/mol. The van der Waals surface area contributed by atoms with Crippen molar-refractivity contribution < 1.29 is 9.15 Å². The molecule has 0 bridgehead atoms. The maximum atomic E-state index is 5.68. The van der Waals surface area contributed by atoms with E-state index in [0.717, 1.165) is 22.8 Å². The fourth-order valence-corrected chi connectivity index (χ4v) is 2.01. The Balaban J connectivity index is 2.28. The first-order valence-corrected chi connectivity index (χ1v) is 6.45. The standard InChI is InChI=1S/C15H20N2O2/c1-10(2)18-13-7-12(8-17-9-13)15(16-4)14-6-5-11(3)19-14/h5-10,15-16H,1-4H3. The fourth-order valence-electron chi connectivity index (χ4n) is 2.01. The lowest BCUT2D eigenvalue weighted by Gasteiger charge is -2.16. The van der Waals surface area contributed by atoms with Crippen molar-refractivity contribution in [3.63, 3.8) is 0 Å². The van der Waals surface area contributed by atoms with Crippen LogP contribution < -0.4 is 10.1 Å². The van der Waals surface area contributed by atoms with Crippen molar-refractivity contribution in [3.05, 3.63) is 47.7 Å². The van der Waals surface area contributed by atoms with Gasteiger partial charge in [0.2, 0.25) is 0 Å². The van der Waals surface area contributed by atoms with E-state index in [1.807, 2.05) is 52.2 Å². The normalized spacial score (nSPS) is 12.7. The molecule has 0 saturated heterocycles. The van der Waals surface area contributed by atoms with Crippen LogP contribution in [0.1, 0.15) is 37.0 Å². The summed E-state index contributed by atoms with van der Waals surface area (Å²) in [5.41, 5.74) is 1.02. The van der Waals surface area contributed by atoms with Gasteiger partial charge < -0.3 is 14.5 Å². The van der Waals surface area contributed by atoms with Crippen LogP contribution in [0.25, 0.3) is 0 Å². The Kier molecular flexibility index (Phi) is 4.22. The van der Waals surface area contributed by atoms with Crippen LogP contribution >= 0.6 is 0 Å². The van der Waals surface area contributed by atoms with Crippen LogP contribution in [0.5, 0.6) is 5.75 Å². The zero-order valence-electron chi connectivity index (χ0n) is 11.8. The maximum Gasteiger partial charge on any atom is 0.138 e. The van der Waals surface area contributed by atoms with E-state index >= 15 is 0 Å². The summed E-state index contributed by atoms with van der Waals surface area (Å²) >= 11 is 0. The molecule has 1 N–H and O–H groups in total. The molecule has 2 heterocycles. The smallest absolute Gasteiger partial charge is 0.138 e. The maximum absolute atomic E-state index is 5.68. The van der Waals surface area contributed by atoms with Crippen LogP contribution in [-0.2, 0) is 0 Å². The van der Waals surface area contributed by atoms with Crippen LogP contribution in [0.4, 0.5) is 0 Å². The molecule has 0 amide bonds. The molecule has 0 aromatic carbocycles. The van der Waals surface area contributed by atoms with Crippen LogP contribution in [0, 0.1) is 6.92 Å². The first kappa shape index (κ1) is 13.6. The molecule has 0 aliphatic carbocycles. The molecule has 0 aliphatic heterocycles. The van der Waals surface area contributed by atoms with Crippen LogP contribution in [0.2, 0.25) is 0 Å². The third-order valence-electron chi connectivity index (χ3n) is 2.77. The van der Waals surface area contributed by atoms with Gasteiger partial charge in [-0.15, -0.1) is 0 Å². The molecule has 0 fully saturated rings. The Bertz CT molecular complexity index is 534. The van der Waals surface area contributed by atoms with Crippen molar-refractivity contribution in [2.45, 2.75) is 32.9 Å². The molecule has 0 saturated carbocycles. The first-order chi connectivity index (χ1) is 9.10. The molecule has 2 aromatic rings. The molecule has 102 valence electrons. The molecule has 1 atom stereocenters. The molecule has 2 rings (SSSR count). The SMILES string of the molecule is CNC(c1cncc(OC(C)C)c1)c1ccc(C)o1. The van der Waals surface area contributed by atoms with Gasteiger partial charge in [0.25, 0.3) is 0 Å². The average Bonchev–Trinajstić information content (AvgIpc) is 2.76. The van der Waals surface area contributed by atoms with Gasteiger partial charge in [-0.2, -0.15) is 0 Å².